The second-order valence-electron chi connectivity index (χ2n) is 4.58. The number of alkyl halides is 3. The lowest BCUT2D eigenvalue weighted by molar-refractivity contribution is -0.139. The molecule has 0 N–H and O–H groups in total. The van der Waals surface area contributed by atoms with E-state index in [9.17, 15) is 13.6 Å². The van der Waals surface area contributed by atoms with E-state index in [0.29, 0.717) is 5.88 Å². The number of halogens is 3. The highest BCUT2D eigenvalue weighted by Crippen LogP contribution is 2.36. The number of amides is 1. The third kappa shape index (κ3) is 3.30. The molecule has 5 heteroatoms. The average molecular weight is 254 g/mol. The molecule has 0 heterocycles. The highest BCUT2D eigenvalue weighted by Gasteiger charge is 2.38. The van der Waals surface area contributed by atoms with Crippen molar-refractivity contribution in [2.75, 3.05) is 12.9 Å². The molecule has 1 rings (SSSR count). The second kappa shape index (κ2) is 5.30. The summed E-state index contributed by atoms with van der Waals surface area (Å²) in [4.78, 5) is 13.5. The minimum absolute atomic E-state index is 0.0448. The van der Waals surface area contributed by atoms with Crippen molar-refractivity contribution in [3.63, 3.8) is 0 Å². The van der Waals surface area contributed by atoms with E-state index in [1.807, 2.05) is 6.92 Å². The Kier molecular flexibility index (Phi) is 4.53. The molecule has 1 aliphatic rings. The lowest BCUT2D eigenvalue weighted by atomic mass is 9.86. The van der Waals surface area contributed by atoms with Crippen LogP contribution < -0.4 is 0 Å². The number of hydrogen-bond acceptors (Lipinski definition) is 1. The molecule has 0 bridgehead atoms. The molecule has 16 heavy (non-hydrogen) atoms. The molecule has 1 atom stereocenters. The van der Waals surface area contributed by atoms with E-state index >= 15 is 0 Å². The first kappa shape index (κ1) is 13.7. The average Bonchev–Trinajstić information content (AvgIpc) is 2.26. The standard InChI is InChI=1S/C11H18ClF2NO/c1-8(7-12)15(2)10(16)9-3-5-11(13,14)6-4-9/h8-9H,3-7H2,1-2H3. The van der Waals surface area contributed by atoms with Crippen LogP contribution in [0.1, 0.15) is 32.6 Å². The normalized spacial score (nSPS) is 22.8. The number of carbonyl (C=O) groups excluding carboxylic acids is 1. The number of carbonyl (C=O) groups is 1. The second-order valence-corrected chi connectivity index (χ2v) is 4.89. The van der Waals surface area contributed by atoms with Gasteiger partial charge in [-0.2, -0.15) is 0 Å². The molecule has 0 radical (unpaired) electrons. The van der Waals surface area contributed by atoms with E-state index in [-0.39, 0.29) is 43.6 Å². The van der Waals surface area contributed by atoms with Crippen molar-refractivity contribution >= 4 is 17.5 Å². The summed E-state index contributed by atoms with van der Waals surface area (Å²) in [5.74, 6) is -2.52. The molecule has 94 valence electrons. The van der Waals surface area contributed by atoms with Gasteiger partial charge in [-0.25, -0.2) is 8.78 Å². The third-order valence-electron chi connectivity index (χ3n) is 3.30. The number of rotatable bonds is 3. The third-order valence-corrected chi connectivity index (χ3v) is 3.75. The van der Waals surface area contributed by atoms with Crippen LogP contribution in [-0.2, 0) is 4.79 Å². The van der Waals surface area contributed by atoms with Crippen LogP contribution in [0.25, 0.3) is 0 Å². The fourth-order valence-electron chi connectivity index (χ4n) is 1.90. The fraction of sp³-hybridized carbons (Fsp3) is 0.909. The SMILES string of the molecule is CC(CCl)N(C)C(=O)C1CCC(F)(F)CC1. The molecule has 1 aliphatic carbocycles. The molecule has 0 aromatic rings. The molecule has 0 aromatic carbocycles. The molecule has 1 fully saturated rings. The van der Waals surface area contributed by atoms with Crippen LogP contribution in [0, 0.1) is 5.92 Å². The van der Waals surface area contributed by atoms with Crippen LogP contribution in [0.2, 0.25) is 0 Å². The Morgan fingerprint density at radius 3 is 2.44 bits per heavy atom. The Labute approximate surface area is 99.9 Å². The maximum Gasteiger partial charge on any atom is 0.248 e. The van der Waals surface area contributed by atoms with E-state index in [4.69, 9.17) is 11.6 Å². The zero-order valence-corrected chi connectivity index (χ0v) is 10.4. The summed E-state index contributed by atoms with van der Waals surface area (Å²) in [6.07, 6.45) is 0.218. The predicted molar refractivity (Wildman–Crippen MR) is 59.9 cm³/mol. The van der Waals surface area contributed by atoms with Crippen molar-refractivity contribution in [3.05, 3.63) is 0 Å². The summed E-state index contributed by atoms with van der Waals surface area (Å²) >= 11 is 5.66. The van der Waals surface area contributed by atoms with Gasteiger partial charge >= 0.3 is 0 Å². The molecular weight excluding hydrogens is 236 g/mol. The Bertz CT molecular complexity index is 250. The van der Waals surface area contributed by atoms with Crippen molar-refractivity contribution in [2.24, 2.45) is 5.92 Å². The summed E-state index contributed by atoms with van der Waals surface area (Å²) < 4.78 is 25.8. The minimum Gasteiger partial charge on any atom is -0.342 e. The smallest absolute Gasteiger partial charge is 0.248 e. The summed E-state index contributed by atoms with van der Waals surface area (Å²) in [7, 11) is 1.68. The zero-order chi connectivity index (χ0) is 12.3. The van der Waals surface area contributed by atoms with Gasteiger partial charge in [-0.05, 0) is 19.8 Å². The highest BCUT2D eigenvalue weighted by molar-refractivity contribution is 6.18. The van der Waals surface area contributed by atoms with Crippen molar-refractivity contribution in [3.8, 4) is 0 Å². The van der Waals surface area contributed by atoms with Crippen LogP contribution in [-0.4, -0.2) is 35.7 Å². The van der Waals surface area contributed by atoms with Crippen LogP contribution in [0.3, 0.4) is 0 Å². The molecular formula is C11H18ClF2NO. The van der Waals surface area contributed by atoms with E-state index in [1.165, 1.54) is 0 Å². The number of hydrogen-bond donors (Lipinski definition) is 0. The number of nitrogens with zero attached hydrogens (tertiary/aromatic N) is 1. The van der Waals surface area contributed by atoms with Gasteiger partial charge in [0.2, 0.25) is 11.8 Å². The van der Waals surface area contributed by atoms with Gasteiger partial charge in [-0.15, -0.1) is 11.6 Å². The summed E-state index contributed by atoms with van der Waals surface area (Å²) in [5, 5.41) is 0. The Morgan fingerprint density at radius 1 is 1.50 bits per heavy atom. The lowest BCUT2D eigenvalue weighted by Crippen LogP contribution is -2.42. The van der Waals surface area contributed by atoms with Gasteiger partial charge in [-0.1, -0.05) is 0 Å². The molecule has 0 spiro atoms. The van der Waals surface area contributed by atoms with Gasteiger partial charge in [0.15, 0.2) is 0 Å². The molecule has 1 saturated carbocycles. The van der Waals surface area contributed by atoms with Gasteiger partial charge < -0.3 is 4.90 Å². The summed E-state index contributed by atoms with van der Waals surface area (Å²) in [6, 6.07) is -0.0448. The topological polar surface area (TPSA) is 20.3 Å². The molecule has 0 aromatic heterocycles. The van der Waals surface area contributed by atoms with E-state index < -0.39 is 5.92 Å². The summed E-state index contributed by atoms with van der Waals surface area (Å²) in [6.45, 7) is 1.85. The predicted octanol–water partition coefficient (Wildman–Crippen LogP) is 2.90. The van der Waals surface area contributed by atoms with Crippen molar-refractivity contribution in [2.45, 2.75) is 44.6 Å². The maximum absolute atomic E-state index is 12.9. The Morgan fingerprint density at radius 2 is 2.00 bits per heavy atom. The Balaban J connectivity index is 2.50. The van der Waals surface area contributed by atoms with Gasteiger partial charge in [0.25, 0.3) is 0 Å². The van der Waals surface area contributed by atoms with Crippen molar-refractivity contribution < 1.29 is 13.6 Å². The van der Waals surface area contributed by atoms with Crippen LogP contribution in [0.15, 0.2) is 0 Å². The Hall–Kier alpha value is -0.380. The van der Waals surface area contributed by atoms with Gasteiger partial charge in [0.05, 0.1) is 0 Å². The molecule has 1 unspecified atom stereocenters. The lowest BCUT2D eigenvalue weighted by Gasteiger charge is -2.32. The van der Waals surface area contributed by atoms with Gasteiger partial charge in [-0.3, -0.25) is 4.79 Å². The monoisotopic (exact) mass is 253 g/mol. The highest BCUT2D eigenvalue weighted by atomic mass is 35.5. The van der Waals surface area contributed by atoms with Crippen molar-refractivity contribution in [1.29, 1.82) is 0 Å². The van der Waals surface area contributed by atoms with Crippen LogP contribution in [0.5, 0.6) is 0 Å². The zero-order valence-electron chi connectivity index (χ0n) is 9.68. The van der Waals surface area contributed by atoms with E-state index in [1.54, 1.807) is 11.9 Å². The maximum atomic E-state index is 12.9. The molecule has 0 saturated heterocycles. The van der Waals surface area contributed by atoms with Gasteiger partial charge in [0, 0.05) is 37.7 Å². The summed E-state index contributed by atoms with van der Waals surface area (Å²) in [5.41, 5.74) is 0. The first-order valence-electron chi connectivity index (χ1n) is 5.58. The minimum atomic E-state index is -2.58. The quantitative estimate of drug-likeness (QED) is 0.709. The van der Waals surface area contributed by atoms with Crippen molar-refractivity contribution in [1.82, 2.24) is 4.90 Å². The molecule has 2 nitrogen and oxygen atoms in total. The van der Waals surface area contributed by atoms with Crippen LogP contribution in [0.4, 0.5) is 8.78 Å². The van der Waals surface area contributed by atoms with E-state index in [0.717, 1.165) is 0 Å². The van der Waals surface area contributed by atoms with Crippen LogP contribution >= 0.6 is 11.6 Å². The molecule has 1 amide bonds. The van der Waals surface area contributed by atoms with Gasteiger partial charge in [0.1, 0.15) is 0 Å². The first-order chi connectivity index (χ1) is 7.37. The largest absolute Gasteiger partial charge is 0.342 e. The fourth-order valence-corrected chi connectivity index (χ4v) is 2.10. The molecule has 0 aliphatic heterocycles. The van der Waals surface area contributed by atoms with E-state index in [2.05, 4.69) is 0 Å². The first-order valence-corrected chi connectivity index (χ1v) is 6.11.